The second kappa shape index (κ2) is 9.13. The molecule has 0 aliphatic heterocycles. The topological polar surface area (TPSA) is 63.6 Å². The second-order valence-electron chi connectivity index (χ2n) is 4.40. The van der Waals surface area contributed by atoms with Gasteiger partial charge in [0.05, 0.1) is 13.5 Å². The Morgan fingerprint density at radius 1 is 0.955 bits per heavy atom. The number of carboxylic acids is 1. The third-order valence-corrected chi connectivity index (χ3v) is 2.72. The van der Waals surface area contributed by atoms with Crippen molar-refractivity contribution in [2.24, 2.45) is 0 Å². The van der Waals surface area contributed by atoms with E-state index in [9.17, 15) is 9.59 Å². The van der Waals surface area contributed by atoms with E-state index in [0.29, 0.717) is 0 Å². The molecule has 1 N–H and O–H groups in total. The Bertz CT molecular complexity index is 581. The minimum atomic E-state index is -1.09. The Kier molecular flexibility index (Phi) is 7.13. The fourth-order valence-electron chi connectivity index (χ4n) is 1.66. The van der Waals surface area contributed by atoms with Crippen LogP contribution in [0.15, 0.2) is 72.8 Å². The highest BCUT2D eigenvalue weighted by Gasteiger charge is 2.09. The van der Waals surface area contributed by atoms with Gasteiger partial charge >= 0.3 is 11.9 Å². The molecule has 114 valence electrons. The van der Waals surface area contributed by atoms with E-state index in [1.165, 1.54) is 18.2 Å². The van der Waals surface area contributed by atoms with Crippen molar-refractivity contribution >= 4 is 11.9 Å². The van der Waals surface area contributed by atoms with Crippen molar-refractivity contribution < 1.29 is 19.4 Å². The maximum atomic E-state index is 10.5. The molecule has 2 rings (SSSR count). The van der Waals surface area contributed by atoms with Crippen LogP contribution in [0.5, 0.6) is 0 Å². The van der Waals surface area contributed by atoms with Crippen molar-refractivity contribution in [2.45, 2.75) is 6.42 Å². The number of aliphatic carboxylic acids is 1. The monoisotopic (exact) mass is 298 g/mol. The summed E-state index contributed by atoms with van der Waals surface area (Å²) in [7, 11) is 1.18. The second-order valence-corrected chi connectivity index (χ2v) is 4.40. The van der Waals surface area contributed by atoms with Gasteiger partial charge in [-0.1, -0.05) is 67.2 Å². The summed E-state index contributed by atoms with van der Waals surface area (Å²) < 4.78 is 4.21. The molecule has 0 amide bonds. The molecule has 4 nitrogen and oxygen atoms in total. The quantitative estimate of drug-likeness (QED) is 0.692. The Labute approximate surface area is 129 Å². The largest absolute Gasteiger partial charge is 0.481 e. The Morgan fingerprint density at radius 2 is 1.36 bits per heavy atom. The summed E-state index contributed by atoms with van der Waals surface area (Å²) in [5, 5.41) is 8.16. The lowest BCUT2D eigenvalue weighted by Crippen LogP contribution is -2.07. The van der Waals surface area contributed by atoms with Gasteiger partial charge in [-0.25, -0.2) is 4.79 Å². The number of methoxy groups -OCH3 is 1. The number of ether oxygens (including phenoxy) is 1. The molecule has 0 spiro atoms. The summed E-state index contributed by atoms with van der Waals surface area (Å²) in [4.78, 5) is 20.4. The van der Waals surface area contributed by atoms with Gasteiger partial charge in [0.15, 0.2) is 0 Å². The van der Waals surface area contributed by atoms with E-state index in [1.54, 1.807) is 0 Å². The first-order valence-electron chi connectivity index (χ1n) is 6.63. The SMILES string of the molecule is C=C(CC(=O)O)C(=O)OC.c1ccc(-c2ccccc2)cc1. The van der Waals surface area contributed by atoms with Crippen LogP contribution in [0.1, 0.15) is 6.42 Å². The molecule has 4 heteroatoms. The summed E-state index contributed by atoms with van der Waals surface area (Å²) in [6.45, 7) is 3.21. The fraction of sp³-hybridized carbons (Fsp3) is 0.111. The molecule has 0 saturated heterocycles. The summed E-state index contributed by atoms with van der Waals surface area (Å²) in [5.74, 6) is -1.77. The summed E-state index contributed by atoms with van der Waals surface area (Å²) >= 11 is 0. The lowest BCUT2D eigenvalue weighted by molar-refractivity contribution is -0.141. The van der Waals surface area contributed by atoms with E-state index in [-0.39, 0.29) is 12.0 Å². The Balaban J connectivity index is 0.000000225. The molecule has 2 aromatic rings. The van der Waals surface area contributed by atoms with Gasteiger partial charge in [-0.05, 0) is 11.1 Å². The van der Waals surface area contributed by atoms with Crippen molar-refractivity contribution in [1.29, 1.82) is 0 Å². The van der Waals surface area contributed by atoms with Gasteiger partial charge in [0.25, 0.3) is 0 Å². The highest BCUT2D eigenvalue weighted by molar-refractivity contribution is 5.92. The number of hydrogen-bond acceptors (Lipinski definition) is 3. The molecule has 0 aromatic heterocycles. The van der Waals surface area contributed by atoms with Crippen LogP contribution >= 0.6 is 0 Å². The van der Waals surface area contributed by atoms with E-state index in [1.807, 2.05) is 12.1 Å². The molecular formula is C18H18O4. The van der Waals surface area contributed by atoms with Crippen molar-refractivity contribution in [2.75, 3.05) is 7.11 Å². The zero-order valence-electron chi connectivity index (χ0n) is 12.4. The summed E-state index contributed by atoms with van der Waals surface area (Å²) in [6, 6.07) is 20.8. The number of carbonyl (C=O) groups is 2. The predicted octanol–water partition coefficient (Wildman–Crippen LogP) is 3.54. The minimum Gasteiger partial charge on any atom is -0.481 e. The number of esters is 1. The van der Waals surface area contributed by atoms with Crippen molar-refractivity contribution in [3.05, 3.63) is 72.8 Å². The van der Waals surface area contributed by atoms with Gasteiger partial charge in [0.1, 0.15) is 0 Å². The van der Waals surface area contributed by atoms with Gasteiger partial charge in [-0.2, -0.15) is 0 Å². The first kappa shape index (κ1) is 17.2. The number of carboxylic acid groups (broad SMARTS) is 1. The van der Waals surface area contributed by atoms with E-state index in [4.69, 9.17) is 5.11 Å². The van der Waals surface area contributed by atoms with Crippen LogP contribution < -0.4 is 0 Å². The normalized spacial score (nSPS) is 9.14. The maximum absolute atomic E-state index is 10.5. The highest BCUT2D eigenvalue weighted by atomic mass is 16.5. The van der Waals surface area contributed by atoms with Crippen molar-refractivity contribution in [3.63, 3.8) is 0 Å². The first-order valence-corrected chi connectivity index (χ1v) is 6.63. The third kappa shape index (κ3) is 6.05. The number of rotatable bonds is 4. The third-order valence-electron chi connectivity index (χ3n) is 2.72. The molecule has 0 atom stereocenters. The smallest absolute Gasteiger partial charge is 0.333 e. The van der Waals surface area contributed by atoms with Gasteiger partial charge in [0, 0.05) is 5.57 Å². The van der Waals surface area contributed by atoms with E-state index in [2.05, 4.69) is 59.8 Å². The molecule has 0 radical (unpaired) electrons. The lowest BCUT2D eigenvalue weighted by Gasteiger charge is -1.98. The number of benzene rings is 2. The lowest BCUT2D eigenvalue weighted by atomic mass is 10.1. The molecule has 22 heavy (non-hydrogen) atoms. The van der Waals surface area contributed by atoms with Crippen LogP contribution in [0, 0.1) is 0 Å². The predicted molar refractivity (Wildman–Crippen MR) is 85.3 cm³/mol. The van der Waals surface area contributed by atoms with Crippen molar-refractivity contribution in [1.82, 2.24) is 0 Å². The fourth-order valence-corrected chi connectivity index (χ4v) is 1.66. The molecule has 2 aromatic carbocycles. The molecule has 0 saturated carbocycles. The summed E-state index contributed by atoms with van der Waals surface area (Å²) in [6.07, 6.45) is -0.368. The van der Waals surface area contributed by atoms with E-state index >= 15 is 0 Å². The van der Waals surface area contributed by atoms with Crippen LogP contribution in [0.4, 0.5) is 0 Å². The first-order chi connectivity index (χ1) is 10.5. The van der Waals surface area contributed by atoms with Gasteiger partial charge in [0.2, 0.25) is 0 Å². The molecule has 0 unspecified atom stereocenters. The van der Waals surface area contributed by atoms with Gasteiger partial charge < -0.3 is 9.84 Å². The average Bonchev–Trinajstić information content (AvgIpc) is 2.55. The van der Waals surface area contributed by atoms with Crippen LogP contribution in [0.25, 0.3) is 11.1 Å². The zero-order valence-corrected chi connectivity index (χ0v) is 12.4. The molecule has 0 aliphatic rings. The van der Waals surface area contributed by atoms with Crippen LogP contribution in [-0.4, -0.2) is 24.2 Å². The van der Waals surface area contributed by atoms with E-state index in [0.717, 1.165) is 0 Å². The standard InChI is InChI=1S/C12H10.C6H8O4/c1-3-7-11(8-4-1)12-9-5-2-6-10-12;1-4(3-5(7)8)6(9)10-2/h1-10H;1,3H2,2H3,(H,7,8). The van der Waals surface area contributed by atoms with E-state index < -0.39 is 11.9 Å². The molecule has 0 bridgehead atoms. The highest BCUT2D eigenvalue weighted by Crippen LogP contribution is 2.17. The van der Waals surface area contributed by atoms with Crippen LogP contribution in [0.3, 0.4) is 0 Å². The molecule has 0 aliphatic carbocycles. The molecular weight excluding hydrogens is 280 g/mol. The van der Waals surface area contributed by atoms with Gasteiger partial charge in [-0.15, -0.1) is 0 Å². The van der Waals surface area contributed by atoms with Crippen LogP contribution in [-0.2, 0) is 14.3 Å². The minimum absolute atomic E-state index is 0.0463. The van der Waals surface area contributed by atoms with Crippen LogP contribution in [0.2, 0.25) is 0 Å². The van der Waals surface area contributed by atoms with Crippen molar-refractivity contribution in [3.8, 4) is 11.1 Å². The maximum Gasteiger partial charge on any atom is 0.333 e. The number of hydrogen-bond donors (Lipinski definition) is 1. The van der Waals surface area contributed by atoms with Gasteiger partial charge in [-0.3, -0.25) is 4.79 Å². The number of carbonyl (C=O) groups excluding carboxylic acids is 1. The molecule has 0 fully saturated rings. The average molecular weight is 298 g/mol. The Hall–Kier alpha value is -2.88. The zero-order chi connectivity index (χ0) is 16.4. The molecule has 0 heterocycles. The Morgan fingerprint density at radius 3 is 1.68 bits per heavy atom. The summed E-state index contributed by atoms with van der Waals surface area (Å²) in [5.41, 5.74) is 2.51.